The molecule has 0 saturated carbocycles. The fraction of sp³-hybridized carbons (Fsp3) is 0.190. The molecule has 148 valence electrons. The topological polar surface area (TPSA) is 85.2 Å². The van der Waals surface area contributed by atoms with E-state index in [0.29, 0.717) is 22.3 Å². The van der Waals surface area contributed by atoms with Crippen LogP contribution in [-0.4, -0.2) is 28.7 Å². The first-order chi connectivity index (χ1) is 14.0. The number of carbonyl (C=O) groups is 2. The Morgan fingerprint density at radius 2 is 2.14 bits per heavy atom. The smallest absolute Gasteiger partial charge is 0.251 e. The number of methoxy groups -OCH3 is 1. The molecule has 0 fully saturated rings. The molecule has 2 N–H and O–H groups in total. The highest BCUT2D eigenvalue weighted by Crippen LogP contribution is 2.36. The number of rotatable bonds is 5. The van der Waals surface area contributed by atoms with Crippen molar-refractivity contribution in [2.75, 3.05) is 17.7 Å². The number of amides is 2. The third-order valence-corrected chi connectivity index (χ3v) is 5.26. The summed E-state index contributed by atoms with van der Waals surface area (Å²) in [7, 11) is 1.60. The molecule has 1 aromatic heterocycles. The van der Waals surface area contributed by atoms with E-state index in [0.717, 1.165) is 16.7 Å². The second kappa shape index (κ2) is 7.60. The molecule has 3 aromatic rings. The Morgan fingerprint density at radius 3 is 2.90 bits per heavy atom. The quantitative estimate of drug-likeness (QED) is 0.664. The highest BCUT2D eigenvalue weighted by Gasteiger charge is 2.35. The summed E-state index contributed by atoms with van der Waals surface area (Å²) in [6.45, 7) is 1.88. The van der Waals surface area contributed by atoms with Crippen molar-refractivity contribution >= 4 is 34.9 Å². The van der Waals surface area contributed by atoms with Crippen molar-refractivity contribution in [3.8, 4) is 16.9 Å². The Balaban J connectivity index is 1.53. The Hall–Kier alpha value is -3.32. The van der Waals surface area contributed by atoms with Crippen LogP contribution in [-0.2, 0) is 9.59 Å². The molecule has 1 aliphatic heterocycles. The van der Waals surface area contributed by atoms with Crippen LogP contribution in [0.3, 0.4) is 0 Å². The van der Waals surface area contributed by atoms with Gasteiger partial charge in [0.1, 0.15) is 17.6 Å². The molecule has 7 nitrogen and oxygen atoms in total. The van der Waals surface area contributed by atoms with E-state index in [-0.39, 0.29) is 18.2 Å². The Bertz CT molecular complexity index is 1110. The van der Waals surface area contributed by atoms with E-state index in [1.54, 1.807) is 30.1 Å². The van der Waals surface area contributed by atoms with Crippen molar-refractivity contribution < 1.29 is 14.3 Å². The van der Waals surface area contributed by atoms with Gasteiger partial charge in [0.05, 0.1) is 19.7 Å². The molecular weight excluding hydrogens is 392 g/mol. The van der Waals surface area contributed by atoms with Gasteiger partial charge in [0.2, 0.25) is 5.91 Å². The third kappa shape index (κ3) is 3.69. The lowest BCUT2D eigenvalue weighted by molar-refractivity contribution is -0.123. The monoisotopic (exact) mass is 410 g/mol. The first-order valence-corrected chi connectivity index (χ1v) is 9.43. The van der Waals surface area contributed by atoms with Gasteiger partial charge >= 0.3 is 0 Å². The van der Waals surface area contributed by atoms with Gasteiger partial charge in [-0.2, -0.15) is 5.10 Å². The van der Waals surface area contributed by atoms with Crippen molar-refractivity contribution in [3.05, 3.63) is 59.2 Å². The van der Waals surface area contributed by atoms with Crippen LogP contribution in [0, 0.1) is 6.92 Å². The second-order valence-corrected chi connectivity index (χ2v) is 7.21. The number of hydrogen-bond acceptors (Lipinski definition) is 4. The molecule has 2 amide bonds. The molecule has 1 unspecified atom stereocenters. The van der Waals surface area contributed by atoms with Crippen molar-refractivity contribution in [3.63, 3.8) is 0 Å². The fourth-order valence-electron chi connectivity index (χ4n) is 3.27. The van der Waals surface area contributed by atoms with Crippen molar-refractivity contribution in [1.29, 1.82) is 0 Å². The Morgan fingerprint density at radius 1 is 1.31 bits per heavy atom. The number of fused-ring (bicyclic) bond motifs is 1. The molecule has 29 heavy (non-hydrogen) atoms. The van der Waals surface area contributed by atoms with Crippen molar-refractivity contribution in [1.82, 2.24) is 9.78 Å². The van der Waals surface area contributed by atoms with Crippen LogP contribution in [0.5, 0.6) is 5.75 Å². The number of aryl methyl sites for hydroxylation is 1. The highest BCUT2D eigenvalue weighted by atomic mass is 35.5. The average Bonchev–Trinajstić information content (AvgIpc) is 3.24. The number of carbonyl (C=O) groups excluding carboxylic acids is 2. The van der Waals surface area contributed by atoms with Crippen LogP contribution >= 0.6 is 11.6 Å². The Labute approximate surface area is 172 Å². The highest BCUT2D eigenvalue weighted by molar-refractivity contribution is 6.31. The molecular formula is C21H19ClN4O3. The van der Waals surface area contributed by atoms with E-state index < -0.39 is 6.04 Å². The number of aromatic nitrogens is 2. The van der Waals surface area contributed by atoms with Gasteiger partial charge in [0.25, 0.3) is 5.91 Å². The number of benzene rings is 2. The van der Waals surface area contributed by atoms with Gasteiger partial charge in [-0.1, -0.05) is 29.8 Å². The number of nitrogens with zero attached hydrogens (tertiary/aromatic N) is 2. The maximum atomic E-state index is 12.5. The number of ether oxygens (including phenoxy) is 1. The normalized spacial score (nSPS) is 15.0. The summed E-state index contributed by atoms with van der Waals surface area (Å²) in [5.74, 6) is 0.713. The second-order valence-electron chi connectivity index (χ2n) is 6.80. The van der Waals surface area contributed by atoms with Gasteiger partial charge in [-0.15, -0.1) is 0 Å². The lowest BCUT2D eigenvalue weighted by Crippen LogP contribution is -2.23. The van der Waals surface area contributed by atoms with Crippen LogP contribution in [0.1, 0.15) is 18.0 Å². The van der Waals surface area contributed by atoms with Gasteiger partial charge in [0, 0.05) is 16.3 Å². The first-order valence-electron chi connectivity index (χ1n) is 9.05. The predicted molar refractivity (Wildman–Crippen MR) is 111 cm³/mol. The van der Waals surface area contributed by atoms with Crippen LogP contribution < -0.4 is 15.4 Å². The summed E-state index contributed by atoms with van der Waals surface area (Å²) in [6, 6.07) is 12.1. The fourth-order valence-corrected chi connectivity index (χ4v) is 3.45. The average molecular weight is 411 g/mol. The van der Waals surface area contributed by atoms with E-state index >= 15 is 0 Å². The van der Waals surface area contributed by atoms with E-state index in [1.807, 2.05) is 37.3 Å². The minimum atomic E-state index is -0.717. The first kappa shape index (κ1) is 19.0. The molecule has 1 aliphatic rings. The van der Waals surface area contributed by atoms with Crippen LogP contribution in [0.4, 0.5) is 11.5 Å². The zero-order valence-electron chi connectivity index (χ0n) is 15.9. The zero-order chi connectivity index (χ0) is 20.5. The van der Waals surface area contributed by atoms with Crippen LogP contribution in [0.15, 0.2) is 48.7 Å². The van der Waals surface area contributed by atoms with Crippen molar-refractivity contribution in [2.24, 2.45) is 0 Å². The lowest BCUT2D eigenvalue weighted by atomic mass is 10.1. The minimum absolute atomic E-state index is 0.0381. The molecule has 4 rings (SSSR count). The lowest BCUT2D eigenvalue weighted by Gasteiger charge is -2.10. The van der Waals surface area contributed by atoms with Gasteiger partial charge in [-0.3, -0.25) is 9.59 Å². The Kier molecular flexibility index (Phi) is 4.98. The van der Waals surface area contributed by atoms with Crippen LogP contribution in [0.25, 0.3) is 11.1 Å². The van der Waals surface area contributed by atoms with E-state index in [9.17, 15) is 9.59 Å². The molecule has 8 heteroatoms. The molecule has 0 aliphatic carbocycles. The predicted octanol–water partition coefficient (Wildman–Crippen LogP) is 4.04. The molecule has 2 heterocycles. The van der Waals surface area contributed by atoms with E-state index in [2.05, 4.69) is 15.7 Å². The summed E-state index contributed by atoms with van der Waals surface area (Å²) in [5.41, 5.74) is 3.14. The molecule has 0 bridgehead atoms. The van der Waals surface area contributed by atoms with Crippen LogP contribution in [0.2, 0.25) is 5.02 Å². The largest absolute Gasteiger partial charge is 0.497 e. The van der Waals surface area contributed by atoms with Gasteiger partial charge in [-0.25, -0.2) is 4.68 Å². The molecule has 0 radical (unpaired) electrons. The standard InChI is InChI=1S/C21H19ClN4O3/c1-12-6-7-14(9-17(12)22)24-19(27)10-18-21(28)25-20-16(11-23-26(18)20)13-4-3-5-15(8-13)29-2/h3-9,11,18H,10H2,1-2H3,(H,24,27)(H,25,28). The number of halogens is 1. The molecule has 1 atom stereocenters. The third-order valence-electron chi connectivity index (χ3n) is 4.85. The molecule has 2 aromatic carbocycles. The minimum Gasteiger partial charge on any atom is -0.497 e. The summed E-state index contributed by atoms with van der Waals surface area (Å²) in [6.07, 6.45) is 1.64. The van der Waals surface area contributed by atoms with E-state index in [4.69, 9.17) is 16.3 Å². The number of anilines is 2. The molecule has 0 saturated heterocycles. The number of nitrogens with one attached hydrogen (secondary N) is 2. The SMILES string of the molecule is COc1cccc(-c2cnn3c2NC(=O)C3CC(=O)Nc2ccc(C)c(Cl)c2)c1. The summed E-state index contributed by atoms with van der Waals surface area (Å²) >= 11 is 6.10. The number of hydrogen-bond donors (Lipinski definition) is 2. The summed E-state index contributed by atoms with van der Waals surface area (Å²) in [4.78, 5) is 25.0. The van der Waals surface area contributed by atoms with Gasteiger partial charge in [0.15, 0.2) is 0 Å². The van der Waals surface area contributed by atoms with E-state index in [1.165, 1.54) is 0 Å². The maximum Gasteiger partial charge on any atom is 0.251 e. The van der Waals surface area contributed by atoms with Gasteiger partial charge < -0.3 is 15.4 Å². The van der Waals surface area contributed by atoms with Gasteiger partial charge in [-0.05, 0) is 42.3 Å². The maximum absolute atomic E-state index is 12.5. The zero-order valence-corrected chi connectivity index (χ0v) is 16.7. The summed E-state index contributed by atoms with van der Waals surface area (Å²) in [5, 5.41) is 10.5. The summed E-state index contributed by atoms with van der Waals surface area (Å²) < 4.78 is 6.82. The molecule has 0 spiro atoms. The van der Waals surface area contributed by atoms with Crippen molar-refractivity contribution in [2.45, 2.75) is 19.4 Å².